The van der Waals surface area contributed by atoms with Crippen LogP contribution in [0.5, 0.6) is 0 Å². The summed E-state index contributed by atoms with van der Waals surface area (Å²) >= 11 is 0. The Balaban J connectivity index is 1.30. The van der Waals surface area contributed by atoms with Crippen LogP contribution in [-0.4, -0.2) is 12.2 Å². The zero-order valence-electron chi connectivity index (χ0n) is 19.4. The average Bonchev–Trinajstić information content (AvgIpc) is 3.34. The molecule has 4 saturated carbocycles. The van der Waals surface area contributed by atoms with Gasteiger partial charge in [0, 0.05) is 0 Å². The van der Waals surface area contributed by atoms with Crippen LogP contribution < -0.4 is 0 Å². The van der Waals surface area contributed by atoms with Crippen molar-refractivity contribution in [3.63, 3.8) is 0 Å². The van der Waals surface area contributed by atoms with E-state index in [1.54, 1.807) is 6.42 Å². The molecule has 0 bridgehead atoms. The van der Waals surface area contributed by atoms with E-state index in [1.807, 2.05) is 0 Å². The van der Waals surface area contributed by atoms with E-state index in [1.165, 1.54) is 64.2 Å². The molecule has 0 aromatic rings. The Hall–Kier alpha value is -0.0400. The van der Waals surface area contributed by atoms with Gasteiger partial charge in [0.05, 0.1) is 12.2 Å². The lowest BCUT2D eigenvalue weighted by Gasteiger charge is -2.60. The molecule has 1 aliphatic heterocycles. The summed E-state index contributed by atoms with van der Waals surface area (Å²) in [6, 6.07) is 0. The van der Waals surface area contributed by atoms with Crippen LogP contribution in [0.4, 0.5) is 0 Å². The van der Waals surface area contributed by atoms with E-state index in [-0.39, 0.29) is 0 Å². The number of hydrogen-bond acceptors (Lipinski definition) is 1. The van der Waals surface area contributed by atoms with Crippen molar-refractivity contribution in [2.24, 2.45) is 52.3 Å². The minimum atomic E-state index is 0.600. The van der Waals surface area contributed by atoms with Crippen molar-refractivity contribution < 1.29 is 4.74 Å². The molecule has 5 rings (SSSR count). The quantitative estimate of drug-likeness (QED) is 0.446. The fourth-order valence-electron chi connectivity index (χ4n) is 9.62. The van der Waals surface area contributed by atoms with Crippen molar-refractivity contribution >= 4 is 0 Å². The zero-order chi connectivity index (χ0) is 19.7. The molecule has 1 saturated heterocycles. The lowest BCUT2D eigenvalue weighted by atomic mass is 9.44. The van der Waals surface area contributed by atoms with Crippen molar-refractivity contribution in [2.45, 2.75) is 117 Å². The molecule has 0 spiro atoms. The molecule has 1 heterocycles. The second kappa shape index (κ2) is 7.00. The van der Waals surface area contributed by atoms with Crippen LogP contribution in [0, 0.1) is 52.3 Å². The van der Waals surface area contributed by atoms with E-state index in [9.17, 15) is 0 Å². The minimum Gasteiger partial charge on any atom is -0.369 e. The second-order valence-electron chi connectivity index (χ2n) is 12.8. The summed E-state index contributed by atoms with van der Waals surface area (Å²) in [4.78, 5) is 0. The van der Waals surface area contributed by atoms with Gasteiger partial charge in [-0.25, -0.2) is 0 Å². The lowest BCUT2D eigenvalue weighted by Crippen LogP contribution is -2.54. The SMILES string of the molecule is CC(C)CCC[C@H](C)[C@@H]1CC[C@@H]2[C@H]3CC[C@H]4[C@@H]5O[C@H]5CC[C@]4(C)[C@@H]3CC[C@@]21C. The first-order valence-corrected chi connectivity index (χ1v) is 13.0. The van der Waals surface area contributed by atoms with E-state index in [4.69, 9.17) is 4.74 Å². The molecule has 0 radical (unpaired) electrons. The smallest absolute Gasteiger partial charge is 0.0875 e. The highest BCUT2D eigenvalue weighted by Crippen LogP contribution is 2.69. The maximum Gasteiger partial charge on any atom is 0.0875 e. The Bertz CT molecular complexity index is 583. The summed E-state index contributed by atoms with van der Waals surface area (Å²) in [7, 11) is 0. The number of epoxide rings is 1. The normalized spacial score (nSPS) is 53.1. The molecule has 4 aliphatic carbocycles. The van der Waals surface area contributed by atoms with Crippen LogP contribution in [0.3, 0.4) is 0 Å². The monoisotopic (exact) mass is 386 g/mol. The maximum atomic E-state index is 6.10. The maximum absolute atomic E-state index is 6.10. The Morgan fingerprint density at radius 2 is 1.50 bits per heavy atom. The van der Waals surface area contributed by atoms with Crippen LogP contribution in [0.25, 0.3) is 0 Å². The topological polar surface area (TPSA) is 12.5 Å². The van der Waals surface area contributed by atoms with E-state index in [0.29, 0.717) is 23.0 Å². The highest BCUT2D eigenvalue weighted by Gasteiger charge is 2.65. The van der Waals surface area contributed by atoms with Gasteiger partial charge in [0.1, 0.15) is 0 Å². The molecule has 0 N–H and O–H groups in total. The van der Waals surface area contributed by atoms with E-state index in [2.05, 4.69) is 34.6 Å². The lowest BCUT2D eigenvalue weighted by molar-refractivity contribution is -0.111. The third kappa shape index (κ3) is 2.96. The van der Waals surface area contributed by atoms with Crippen molar-refractivity contribution in [3.05, 3.63) is 0 Å². The Morgan fingerprint density at radius 1 is 0.786 bits per heavy atom. The summed E-state index contributed by atoms with van der Waals surface area (Å²) in [6.07, 6.45) is 17.6. The van der Waals surface area contributed by atoms with Gasteiger partial charge in [0.2, 0.25) is 0 Å². The van der Waals surface area contributed by atoms with Crippen LogP contribution in [-0.2, 0) is 4.74 Å². The first-order chi connectivity index (χ1) is 13.3. The van der Waals surface area contributed by atoms with E-state index in [0.717, 1.165) is 41.4 Å². The molecule has 0 amide bonds. The fraction of sp³-hybridized carbons (Fsp3) is 1.00. The van der Waals surface area contributed by atoms with Gasteiger partial charge in [-0.05, 0) is 104 Å². The molecular weight excluding hydrogens is 340 g/mol. The zero-order valence-corrected chi connectivity index (χ0v) is 19.4. The fourth-order valence-corrected chi connectivity index (χ4v) is 9.62. The predicted octanol–water partition coefficient (Wildman–Crippen LogP) is 7.49. The van der Waals surface area contributed by atoms with Gasteiger partial charge < -0.3 is 4.74 Å². The van der Waals surface area contributed by atoms with Crippen LogP contribution in [0.15, 0.2) is 0 Å². The van der Waals surface area contributed by atoms with Gasteiger partial charge >= 0.3 is 0 Å². The van der Waals surface area contributed by atoms with Gasteiger partial charge in [-0.15, -0.1) is 0 Å². The second-order valence-corrected chi connectivity index (χ2v) is 12.8. The third-order valence-electron chi connectivity index (χ3n) is 11.1. The summed E-state index contributed by atoms with van der Waals surface area (Å²) in [6.45, 7) is 12.8. The van der Waals surface area contributed by atoms with Gasteiger partial charge in [-0.2, -0.15) is 0 Å². The number of fused-ring (bicyclic) bond motifs is 7. The molecule has 5 fully saturated rings. The van der Waals surface area contributed by atoms with Gasteiger partial charge in [-0.3, -0.25) is 0 Å². The Morgan fingerprint density at radius 3 is 2.29 bits per heavy atom. The van der Waals surface area contributed by atoms with Crippen LogP contribution >= 0.6 is 0 Å². The Kier molecular flexibility index (Phi) is 4.97. The van der Waals surface area contributed by atoms with Crippen LogP contribution in [0.1, 0.15) is 105 Å². The van der Waals surface area contributed by atoms with E-state index >= 15 is 0 Å². The van der Waals surface area contributed by atoms with Crippen molar-refractivity contribution in [1.29, 1.82) is 0 Å². The summed E-state index contributed by atoms with van der Waals surface area (Å²) in [5.74, 6) is 6.76. The van der Waals surface area contributed by atoms with Crippen LogP contribution in [0.2, 0.25) is 0 Å². The molecule has 1 nitrogen and oxygen atoms in total. The molecule has 10 atom stereocenters. The molecule has 0 aromatic carbocycles. The van der Waals surface area contributed by atoms with Crippen molar-refractivity contribution in [3.8, 4) is 0 Å². The van der Waals surface area contributed by atoms with E-state index < -0.39 is 0 Å². The summed E-state index contributed by atoms with van der Waals surface area (Å²) < 4.78 is 6.10. The first-order valence-electron chi connectivity index (χ1n) is 13.0. The molecule has 1 heteroatoms. The average molecular weight is 387 g/mol. The van der Waals surface area contributed by atoms with Gasteiger partial charge in [0.15, 0.2) is 0 Å². The largest absolute Gasteiger partial charge is 0.369 e. The summed E-state index contributed by atoms with van der Waals surface area (Å²) in [5, 5.41) is 0. The molecule has 5 aliphatic rings. The molecule has 28 heavy (non-hydrogen) atoms. The molecule has 0 aromatic heterocycles. The number of hydrogen-bond donors (Lipinski definition) is 0. The first kappa shape index (κ1) is 19.9. The minimum absolute atomic E-state index is 0.600. The van der Waals surface area contributed by atoms with Gasteiger partial charge in [-0.1, -0.05) is 53.9 Å². The molecule has 0 unspecified atom stereocenters. The summed E-state index contributed by atoms with van der Waals surface area (Å²) in [5.41, 5.74) is 1.25. The standard InChI is InChI=1S/C27H46O/c1-17(2)7-6-8-18(3)20-11-12-21-19-9-10-23-25-24(28-25)14-16-27(23,5)22(19)13-15-26(20,21)4/h17-25H,6-16H2,1-5H3/t18-,19+,20-,21+,22+,23-,24-,25-,26+,27+/m0/s1. The van der Waals surface area contributed by atoms with Gasteiger partial charge in [0.25, 0.3) is 0 Å². The number of rotatable bonds is 5. The third-order valence-corrected chi connectivity index (χ3v) is 11.1. The number of ether oxygens (including phenoxy) is 1. The molecule has 160 valence electrons. The predicted molar refractivity (Wildman–Crippen MR) is 117 cm³/mol. The molecular formula is C27H46O. The Labute approximate surface area is 174 Å². The van der Waals surface area contributed by atoms with Crippen molar-refractivity contribution in [1.82, 2.24) is 0 Å². The van der Waals surface area contributed by atoms with Crippen molar-refractivity contribution in [2.75, 3.05) is 0 Å². The highest BCUT2D eigenvalue weighted by molar-refractivity contribution is 5.13. The highest BCUT2D eigenvalue weighted by atomic mass is 16.6.